The fourth-order valence-corrected chi connectivity index (χ4v) is 14.9. The normalized spacial score (nSPS) is 50.7. The van der Waals surface area contributed by atoms with Crippen LogP contribution in [0, 0.1) is 92.7 Å². The van der Waals surface area contributed by atoms with Gasteiger partial charge >= 0.3 is 13.8 Å². The fourth-order valence-electron chi connectivity index (χ4n) is 14.9. The monoisotopic (exact) mass is 657 g/mol. The van der Waals surface area contributed by atoms with E-state index in [0.717, 1.165) is 77.0 Å². The van der Waals surface area contributed by atoms with E-state index in [4.69, 9.17) is 9.31 Å². The summed E-state index contributed by atoms with van der Waals surface area (Å²) in [6.07, 6.45) is 11.0. The maximum absolute atomic E-state index is 7.70. The van der Waals surface area contributed by atoms with Gasteiger partial charge in [-0.1, -0.05) is 83.1 Å². The molecule has 8 aliphatic carbocycles. The SMILES string of the molecule is CC(C)=C(OB([C@@H]1C[C@@H]2[C@H](C[C@H]1C)C2(C)C)[C@@H]1C[C@@H]2[C@H](C[C@H]1C)C2(C)C)OB([C@@H]1C[C@@H]2[C@H](C[C@H]1C)C2(C)C)[C@@H]1C[C@@H]2[C@H](C[C@H]1C)C2(C)C. The van der Waals surface area contributed by atoms with Gasteiger partial charge in [0.1, 0.15) is 0 Å². The zero-order chi connectivity index (χ0) is 34.6. The van der Waals surface area contributed by atoms with Crippen molar-refractivity contribution in [3.8, 4) is 0 Å². The Morgan fingerprint density at radius 3 is 0.812 bits per heavy atom. The van der Waals surface area contributed by atoms with Crippen LogP contribution in [0.4, 0.5) is 0 Å². The zero-order valence-corrected chi connectivity index (χ0v) is 33.9. The molecule has 0 bridgehead atoms. The number of hydrogen-bond donors (Lipinski definition) is 0. The molecule has 0 spiro atoms. The molecule has 2 nitrogen and oxygen atoms in total. The van der Waals surface area contributed by atoms with E-state index in [-0.39, 0.29) is 13.8 Å². The summed E-state index contributed by atoms with van der Waals surface area (Å²) >= 11 is 0. The third-order valence-corrected chi connectivity index (χ3v) is 19.3. The molecular formula is C44H74B2O2. The van der Waals surface area contributed by atoms with Crippen molar-refractivity contribution < 1.29 is 9.31 Å². The topological polar surface area (TPSA) is 18.5 Å². The predicted octanol–water partition coefficient (Wildman–Crippen LogP) is 12.5. The molecule has 0 N–H and O–H groups in total. The molecule has 0 saturated heterocycles. The standard InChI is InChI=1S/C44H74B2O2/c1-23(2)40(47-45(36-19-32-28(15-24(36)3)41(32,7)8)37-20-33-29(16-25(37)4)42(33,9)10)48-46(38-21-34-30(17-26(38)5)43(34,11)12)39-22-35-31(18-27(39)6)44(35,13)14/h24-39H,15-22H2,1-14H3/t24-,25-,26-,27-,28+,29+,30+,31+,32-,33-,34-,35-,36-,37-,38-,39-/m1/s1. The van der Waals surface area contributed by atoms with Crippen molar-refractivity contribution in [1.29, 1.82) is 0 Å². The van der Waals surface area contributed by atoms with Crippen LogP contribution in [-0.2, 0) is 9.31 Å². The van der Waals surface area contributed by atoms with Gasteiger partial charge in [0.15, 0.2) is 0 Å². The van der Waals surface area contributed by atoms with Gasteiger partial charge in [0.2, 0.25) is 5.95 Å². The molecule has 16 atom stereocenters. The predicted molar refractivity (Wildman–Crippen MR) is 204 cm³/mol. The zero-order valence-electron chi connectivity index (χ0n) is 33.9. The quantitative estimate of drug-likeness (QED) is 0.191. The molecule has 0 aliphatic heterocycles. The van der Waals surface area contributed by atoms with E-state index in [1.165, 1.54) is 56.9 Å². The Bertz CT molecular complexity index is 1130. The summed E-state index contributed by atoms with van der Waals surface area (Å²) in [5.41, 5.74) is 3.36. The molecule has 0 aromatic carbocycles. The third-order valence-electron chi connectivity index (χ3n) is 19.3. The van der Waals surface area contributed by atoms with Gasteiger partial charge in [0, 0.05) is 5.57 Å². The summed E-state index contributed by atoms with van der Waals surface area (Å²) in [5.74, 6) is 13.6. The molecule has 0 aromatic rings. The summed E-state index contributed by atoms with van der Waals surface area (Å²) in [4.78, 5) is 0. The average molecular weight is 657 g/mol. The number of fused-ring (bicyclic) bond motifs is 4. The van der Waals surface area contributed by atoms with Crippen molar-refractivity contribution in [2.24, 2.45) is 92.7 Å². The molecule has 4 heteroatoms. The van der Waals surface area contributed by atoms with Crippen molar-refractivity contribution >= 4 is 13.8 Å². The minimum Gasteiger partial charge on any atom is -0.537 e. The van der Waals surface area contributed by atoms with Gasteiger partial charge in [-0.2, -0.15) is 0 Å². The highest BCUT2D eigenvalue weighted by atomic mass is 16.6. The van der Waals surface area contributed by atoms with Gasteiger partial charge < -0.3 is 9.31 Å². The second kappa shape index (κ2) is 11.0. The van der Waals surface area contributed by atoms with Crippen LogP contribution >= 0.6 is 0 Å². The molecule has 0 amide bonds. The Hall–Kier alpha value is -0.530. The molecule has 8 fully saturated rings. The van der Waals surface area contributed by atoms with Crippen LogP contribution < -0.4 is 0 Å². The Kier molecular flexibility index (Phi) is 7.92. The largest absolute Gasteiger partial charge is 0.537 e. The van der Waals surface area contributed by atoms with E-state index in [9.17, 15) is 0 Å². The van der Waals surface area contributed by atoms with Crippen LogP contribution in [0.2, 0.25) is 23.3 Å². The molecule has 48 heavy (non-hydrogen) atoms. The first kappa shape index (κ1) is 34.6. The second-order valence-electron chi connectivity index (χ2n) is 23.0. The number of hydrogen-bond acceptors (Lipinski definition) is 2. The summed E-state index contributed by atoms with van der Waals surface area (Å²) in [6.45, 7) is 35.9. The minimum absolute atomic E-state index is 0.279. The molecule has 0 heterocycles. The van der Waals surface area contributed by atoms with E-state index in [1.54, 1.807) is 0 Å². The van der Waals surface area contributed by atoms with Gasteiger partial charge in [-0.05, 0) is 181 Å². The van der Waals surface area contributed by atoms with Crippen molar-refractivity contribution in [2.45, 2.75) is 172 Å². The summed E-state index contributed by atoms with van der Waals surface area (Å²) in [5, 5.41) is 0. The van der Waals surface area contributed by atoms with Crippen molar-refractivity contribution in [1.82, 2.24) is 0 Å². The molecule has 268 valence electrons. The fraction of sp³-hybridized carbons (Fsp3) is 0.955. The highest BCUT2D eigenvalue weighted by Crippen LogP contribution is 2.74. The van der Waals surface area contributed by atoms with Gasteiger partial charge in [-0.25, -0.2) is 0 Å². The van der Waals surface area contributed by atoms with Gasteiger partial charge in [-0.3, -0.25) is 0 Å². The lowest BCUT2D eigenvalue weighted by molar-refractivity contribution is 0.174. The highest BCUT2D eigenvalue weighted by molar-refractivity contribution is 6.57. The van der Waals surface area contributed by atoms with Crippen LogP contribution in [0.3, 0.4) is 0 Å². The second-order valence-corrected chi connectivity index (χ2v) is 23.0. The Morgan fingerprint density at radius 1 is 0.396 bits per heavy atom. The van der Waals surface area contributed by atoms with E-state index >= 15 is 0 Å². The van der Waals surface area contributed by atoms with Crippen LogP contribution in [0.15, 0.2) is 11.5 Å². The molecule has 0 radical (unpaired) electrons. The van der Waals surface area contributed by atoms with E-state index in [1.807, 2.05) is 0 Å². The van der Waals surface area contributed by atoms with Crippen molar-refractivity contribution in [2.75, 3.05) is 0 Å². The first-order valence-electron chi connectivity index (χ1n) is 21.3. The lowest BCUT2D eigenvalue weighted by atomic mass is 9.38. The maximum Gasteiger partial charge on any atom is 0.368 e. The van der Waals surface area contributed by atoms with E-state index < -0.39 is 0 Å². The maximum atomic E-state index is 7.70. The first-order valence-corrected chi connectivity index (χ1v) is 21.3. The van der Waals surface area contributed by atoms with Crippen LogP contribution in [0.5, 0.6) is 0 Å². The van der Waals surface area contributed by atoms with Crippen molar-refractivity contribution in [3.05, 3.63) is 11.5 Å². The molecule has 8 rings (SSSR count). The smallest absolute Gasteiger partial charge is 0.368 e. The highest BCUT2D eigenvalue weighted by Gasteiger charge is 2.68. The van der Waals surface area contributed by atoms with Crippen molar-refractivity contribution in [3.63, 3.8) is 0 Å². The third kappa shape index (κ3) is 5.20. The van der Waals surface area contributed by atoms with Crippen LogP contribution in [0.25, 0.3) is 0 Å². The lowest BCUT2D eigenvalue weighted by Gasteiger charge is -2.43. The van der Waals surface area contributed by atoms with Crippen LogP contribution in [-0.4, -0.2) is 13.8 Å². The number of allylic oxidation sites excluding steroid dienone is 1. The molecule has 8 aliphatic rings. The Balaban J connectivity index is 1.10. The number of rotatable bonds is 8. The first-order chi connectivity index (χ1) is 22.3. The molecule has 0 aromatic heterocycles. The Morgan fingerprint density at radius 2 is 0.604 bits per heavy atom. The Labute approximate surface area is 298 Å². The van der Waals surface area contributed by atoms with E-state index in [0.29, 0.717) is 44.9 Å². The summed E-state index contributed by atoms with van der Waals surface area (Å²) in [6, 6.07) is 0. The summed E-state index contributed by atoms with van der Waals surface area (Å²) in [7, 11) is 0. The molecule has 8 saturated carbocycles. The lowest BCUT2D eigenvalue weighted by Crippen LogP contribution is -2.43. The van der Waals surface area contributed by atoms with Gasteiger partial charge in [-0.15, -0.1) is 0 Å². The summed E-state index contributed by atoms with van der Waals surface area (Å²) < 4.78 is 15.4. The minimum atomic E-state index is 0.279. The molecular weight excluding hydrogens is 582 g/mol. The van der Waals surface area contributed by atoms with Gasteiger partial charge in [0.25, 0.3) is 0 Å². The molecule has 0 unspecified atom stereocenters. The van der Waals surface area contributed by atoms with Gasteiger partial charge in [0.05, 0.1) is 0 Å². The van der Waals surface area contributed by atoms with E-state index in [2.05, 4.69) is 96.9 Å². The van der Waals surface area contributed by atoms with Crippen LogP contribution in [0.1, 0.15) is 148 Å². The average Bonchev–Trinajstić information content (AvgIpc) is 3.94.